The molecule has 0 spiro atoms. The summed E-state index contributed by atoms with van der Waals surface area (Å²) in [6.07, 6.45) is 0.868. The Balaban J connectivity index is 1.96. The minimum absolute atomic E-state index is 0.207. The van der Waals surface area contributed by atoms with Crippen molar-refractivity contribution in [1.82, 2.24) is 0 Å². The van der Waals surface area contributed by atoms with E-state index in [0.29, 0.717) is 22.9 Å². The standard InChI is InChI=1S/C17H19NO3/c1-17(2)10-11-6-4-9-14(16(11)21-17)20-13-8-5-7-12(19-3)15(13)18/h4-9H,10,18H2,1-3H3. The topological polar surface area (TPSA) is 53.7 Å². The van der Waals surface area contributed by atoms with Gasteiger partial charge in [0.2, 0.25) is 0 Å². The maximum absolute atomic E-state index is 6.05. The molecular weight excluding hydrogens is 266 g/mol. The number of nitrogen functional groups attached to an aromatic ring is 1. The minimum atomic E-state index is -0.207. The lowest BCUT2D eigenvalue weighted by molar-refractivity contribution is 0.135. The molecular formula is C17H19NO3. The molecule has 0 unspecified atom stereocenters. The van der Waals surface area contributed by atoms with Crippen molar-refractivity contribution in [2.75, 3.05) is 12.8 Å². The fourth-order valence-corrected chi connectivity index (χ4v) is 2.58. The van der Waals surface area contributed by atoms with E-state index in [-0.39, 0.29) is 5.60 Å². The first-order chi connectivity index (χ1) is 10.00. The Morgan fingerprint density at radius 3 is 2.48 bits per heavy atom. The molecule has 110 valence electrons. The second-order valence-electron chi connectivity index (χ2n) is 5.76. The summed E-state index contributed by atoms with van der Waals surface area (Å²) in [5.41, 5.74) is 7.48. The summed E-state index contributed by atoms with van der Waals surface area (Å²) in [5.74, 6) is 2.64. The van der Waals surface area contributed by atoms with Gasteiger partial charge in [-0.1, -0.05) is 18.2 Å². The second kappa shape index (κ2) is 4.88. The van der Waals surface area contributed by atoms with Gasteiger partial charge >= 0.3 is 0 Å². The Labute approximate surface area is 124 Å². The van der Waals surface area contributed by atoms with Gasteiger partial charge in [0.05, 0.1) is 7.11 Å². The summed E-state index contributed by atoms with van der Waals surface area (Å²) < 4.78 is 17.2. The number of rotatable bonds is 3. The maximum atomic E-state index is 6.05. The van der Waals surface area contributed by atoms with Crippen LogP contribution >= 0.6 is 0 Å². The largest absolute Gasteiger partial charge is 0.494 e. The van der Waals surface area contributed by atoms with Crippen molar-refractivity contribution in [3.63, 3.8) is 0 Å². The Bertz CT molecular complexity index is 680. The van der Waals surface area contributed by atoms with Gasteiger partial charge in [0, 0.05) is 12.0 Å². The molecule has 2 N–H and O–H groups in total. The zero-order valence-electron chi connectivity index (χ0n) is 12.5. The normalized spacial score (nSPS) is 15.2. The molecule has 1 aliphatic rings. The number of benzene rings is 2. The molecule has 0 bridgehead atoms. The predicted octanol–water partition coefficient (Wildman–Crippen LogP) is 3.78. The SMILES string of the molecule is COc1cccc(Oc2cccc3c2OC(C)(C)C3)c1N. The van der Waals surface area contributed by atoms with Gasteiger partial charge in [-0.2, -0.15) is 0 Å². The van der Waals surface area contributed by atoms with Crippen LogP contribution in [0.2, 0.25) is 0 Å². The third-order valence-electron chi connectivity index (χ3n) is 3.52. The van der Waals surface area contributed by atoms with Crippen LogP contribution in [0, 0.1) is 0 Å². The zero-order chi connectivity index (χ0) is 15.0. The van der Waals surface area contributed by atoms with Crippen LogP contribution in [0.25, 0.3) is 0 Å². The van der Waals surface area contributed by atoms with Crippen molar-refractivity contribution >= 4 is 5.69 Å². The molecule has 0 saturated carbocycles. The zero-order valence-corrected chi connectivity index (χ0v) is 12.5. The smallest absolute Gasteiger partial charge is 0.169 e. The lowest BCUT2D eigenvalue weighted by Crippen LogP contribution is -2.24. The minimum Gasteiger partial charge on any atom is -0.494 e. The van der Waals surface area contributed by atoms with Gasteiger partial charge in [-0.3, -0.25) is 0 Å². The maximum Gasteiger partial charge on any atom is 0.169 e. The molecule has 0 atom stereocenters. The number of hydrogen-bond donors (Lipinski definition) is 1. The van der Waals surface area contributed by atoms with Gasteiger partial charge in [-0.05, 0) is 32.0 Å². The number of para-hydroxylation sites is 2. The quantitative estimate of drug-likeness (QED) is 0.872. The molecule has 0 aliphatic carbocycles. The number of fused-ring (bicyclic) bond motifs is 1. The molecule has 0 fully saturated rings. The fourth-order valence-electron chi connectivity index (χ4n) is 2.58. The average molecular weight is 285 g/mol. The van der Waals surface area contributed by atoms with Gasteiger partial charge < -0.3 is 19.9 Å². The van der Waals surface area contributed by atoms with E-state index in [1.54, 1.807) is 13.2 Å². The van der Waals surface area contributed by atoms with E-state index in [1.807, 2.05) is 24.3 Å². The third kappa shape index (κ3) is 2.49. The highest BCUT2D eigenvalue weighted by Gasteiger charge is 2.32. The van der Waals surface area contributed by atoms with Gasteiger partial charge in [-0.15, -0.1) is 0 Å². The number of ether oxygens (including phenoxy) is 3. The monoisotopic (exact) mass is 285 g/mol. The average Bonchev–Trinajstić information content (AvgIpc) is 2.76. The van der Waals surface area contributed by atoms with E-state index < -0.39 is 0 Å². The van der Waals surface area contributed by atoms with Crippen LogP contribution in [0.5, 0.6) is 23.0 Å². The van der Waals surface area contributed by atoms with E-state index in [1.165, 1.54) is 0 Å². The first kappa shape index (κ1) is 13.6. The third-order valence-corrected chi connectivity index (χ3v) is 3.52. The Morgan fingerprint density at radius 1 is 1.05 bits per heavy atom. The van der Waals surface area contributed by atoms with Crippen LogP contribution in [0.3, 0.4) is 0 Å². The molecule has 2 aromatic rings. The highest BCUT2D eigenvalue weighted by molar-refractivity contribution is 5.64. The Kier molecular flexibility index (Phi) is 3.16. The van der Waals surface area contributed by atoms with Crippen molar-refractivity contribution in [2.45, 2.75) is 25.9 Å². The highest BCUT2D eigenvalue weighted by Crippen LogP contribution is 2.44. The van der Waals surface area contributed by atoms with Crippen molar-refractivity contribution in [3.8, 4) is 23.0 Å². The summed E-state index contributed by atoms with van der Waals surface area (Å²) in [4.78, 5) is 0. The van der Waals surface area contributed by atoms with E-state index >= 15 is 0 Å². The van der Waals surface area contributed by atoms with Gasteiger partial charge in [0.25, 0.3) is 0 Å². The van der Waals surface area contributed by atoms with Crippen LogP contribution in [-0.2, 0) is 6.42 Å². The van der Waals surface area contributed by atoms with Crippen molar-refractivity contribution in [1.29, 1.82) is 0 Å². The molecule has 4 nitrogen and oxygen atoms in total. The summed E-state index contributed by atoms with van der Waals surface area (Å²) in [6.45, 7) is 4.13. The highest BCUT2D eigenvalue weighted by atomic mass is 16.5. The first-order valence-corrected chi connectivity index (χ1v) is 6.91. The molecule has 4 heteroatoms. The van der Waals surface area contributed by atoms with E-state index in [9.17, 15) is 0 Å². The summed E-state index contributed by atoms with van der Waals surface area (Å²) in [6, 6.07) is 11.4. The number of nitrogens with two attached hydrogens (primary N) is 1. The molecule has 0 amide bonds. The molecule has 2 aromatic carbocycles. The Hall–Kier alpha value is -2.36. The summed E-state index contributed by atoms with van der Waals surface area (Å²) >= 11 is 0. The number of anilines is 1. The molecule has 3 rings (SSSR count). The van der Waals surface area contributed by atoms with Gasteiger partial charge in [0.15, 0.2) is 17.2 Å². The molecule has 1 aliphatic heterocycles. The van der Waals surface area contributed by atoms with Crippen molar-refractivity contribution < 1.29 is 14.2 Å². The predicted molar refractivity (Wildman–Crippen MR) is 82.3 cm³/mol. The van der Waals surface area contributed by atoms with E-state index in [4.69, 9.17) is 19.9 Å². The van der Waals surface area contributed by atoms with Crippen LogP contribution in [0.15, 0.2) is 36.4 Å². The molecule has 0 radical (unpaired) electrons. The van der Waals surface area contributed by atoms with Crippen LogP contribution in [0.1, 0.15) is 19.4 Å². The van der Waals surface area contributed by atoms with Crippen LogP contribution < -0.4 is 19.9 Å². The van der Waals surface area contributed by atoms with Crippen molar-refractivity contribution in [2.24, 2.45) is 0 Å². The fraction of sp³-hybridized carbons (Fsp3) is 0.294. The molecule has 0 saturated heterocycles. The second-order valence-corrected chi connectivity index (χ2v) is 5.76. The molecule has 0 aromatic heterocycles. The summed E-state index contributed by atoms with van der Waals surface area (Å²) in [7, 11) is 1.58. The number of methoxy groups -OCH3 is 1. The molecule has 1 heterocycles. The lowest BCUT2D eigenvalue weighted by Gasteiger charge is -2.18. The molecule has 21 heavy (non-hydrogen) atoms. The van der Waals surface area contributed by atoms with E-state index in [2.05, 4.69) is 19.9 Å². The van der Waals surface area contributed by atoms with Crippen LogP contribution in [0.4, 0.5) is 5.69 Å². The van der Waals surface area contributed by atoms with E-state index in [0.717, 1.165) is 17.7 Å². The number of hydrogen-bond acceptors (Lipinski definition) is 4. The van der Waals surface area contributed by atoms with Gasteiger partial charge in [0.1, 0.15) is 17.0 Å². The van der Waals surface area contributed by atoms with Crippen molar-refractivity contribution in [3.05, 3.63) is 42.0 Å². The van der Waals surface area contributed by atoms with Crippen LogP contribution in [-0.4, -0.2) is 12.7 Å². The first-order valence-electron chi connectivity index (χ1n) is 6.91. The lowest BCUT2D eigenvalue weighted by atomic mass is 10.0. The Morgan fingerprint density at radius 2 is 1.71 bits per heavy atom. The van der Waals surface area contributed by atoms with Gasteiger partial charge in [-0.25, -0.2) is 0 Å². The summed E-state index contributed by atoms with van der Waals surface area (Å²) in [5, 5.41) is 0.